The monoisotopic (exact) mass is 384 g/mol. The molecule has 1 aromatic carbocycles. The van der Waals surface area contributed by atoms with Crippen molar-refractivity contribution in [2.24, 2.45) is 5.92 Å². The molecule has 0 heterocycles. The predicted molar refractivity (Wildman–Crippen MR) is 95.3 cm³/mol. The van der Waals surface area contributed by atoms with E-state index in [1.54, 1.807) is 0 Å². The van der Waals surface area contributed by atoms with E-state index >= 15 is 0 Å². The summed E-state index contributed by atoms with van der Waals surface area (Å²) in [6.45, 7) is 4.82. The molecule has 0 saturated carbocycles. The molecule has 3 N–H and O–H groups in total. The maximum atomic E-state index is 12.2. The number of hydrogen-bond donors (Lipinski definition) is 3. The fraction of sp³-hybridized carbons (Fsp3) is 0.471. The Hall–Kier alpha value is -2.26. The second kappa shape index (κ2) is 9.44. The number of hydrogen-bond acceptors (Lipinski definition) is 5. The fourth-order valence-electron chi connectivity index (χ4n) is 2.22. The van der Waals surface area contributed by atoms with E-state index in [0.29, 0.717) is 0 Å². The normalized spacial score (nSPS) is 12.6. The predicted octanol–water partition coefficient (Wildman–Crippen LogP) is 1.17. The summed E-state index contributed by atoms with van der Waals surface area (Å²) in [6, 6.07) is 4.56. The number of rotatable bonds is 10. The summed E-state index contributed by atoms with van der Waals surface area (Å²) in [6.07, 6.45) is 0.0815. The van der Waals surface area contributed by atoms with Crippen LogP contribution in [0.5, 0.6) is 0 Å². The molecule has 0 fully saturated rings. The first-order valence-corrected chi connectivity index (χ1v) is 9.64. The number of carbonyl (C=O) groups is 3. The highest BCUT2D eigenvalue weighted by Crippen LogP contribution is 2.12. The van der Waals surface area contributed by atoms with Crippen LogP contribution >= 0.6 is 0 Å². The van der Waals surface area contributed by atoms with Crippen LogP contribution in [0.1, 0.15) is 44.0 Å². The summed E-state index contributed by atoms with van der Waals surface area (Å²) in [7, 11) is -3.87. The Morgan fingerprint density at radius 3 is 2.38 bits per heavy atom. The molecule has 1 aromatic rings. The lowest BCUT2D eigenvalue weighted by Crippen LogP contribution is -2.42. The van der Waals surface area contributed by atoms with Gasteiger partial charge >= 0.3 is 5.97 Å². The lowest BCUT2D eigenvalue weighted by Gasteiger charge is -2.16. The Morgan fingerprint density at radius 2 is 1.85 bits per heavy atom. The summed E-state index contributed by atoms with van der Waals surface area (Å²) in [5.74, 6) is -1.86. The van der Waals surface area contributed by atoms with Gasteiger partial charge in [0.25, 0.3) is 0 Å². The minimum Gasteiger partial charge on any atom is -0.480 e. The van der Waals surface area contributed by atoms with Crippen LogP contribution in [0, 0.1) is 5.92 Å². The number of amides is 1. The minimum atomic E-state index is -3.87. The molecule has 144 valence electrons. The van der Waals surface area contributed by atoms with E-state index in [1.165, 1.54) is 31.2 Å². The fourth-order valence-corrected chi connectivity index (χ4v) is 3.30. The highest BCUT2D eigenvalue weighted by atomic mass is 32.2. The van der Waals surface area contributed by atoms with Crippen molar-refractivity contribution in [1.29, 1.82) is 0 Å². The Morgan fingerprint density at radius 1 is 1.19 bits per heavy atom. The topological polar surface area (TPSA) is 130 Å². The van der Waals surface area contributed by atoms with Crippen LogP contribution in [-0.2, 0) is 19.6 Å². The van der Waals surface area contributed by atoms with Crippen molar-refractivity contribution in [3.8, 4) is 0 Å². The van der Waals surface area contributed by atoms with Crippen molar-refractivity contribution in [3.05, 3.63) is 29.8 Å². The number of nitrogens with one attached hydrogen (secondary N) is 2. The molecule has 0 spiro atoms. The van der Waals surface area contributed by atoms with Crippen molar-refractivity contribution in [1.82, 2.24) is 10.0 Å². The largest absolute Gasteiger partial charge is 0.480 e. The van der Waals surface area contributed by atoms with E-state index in [2.05, 4.69) is 10.0 Å². The van der Waals surface area contributed by atoms with Gasteiger partial charge in [0, 0.05) is 18.5 Å². The first-order chi connectivity index (χ1) is 12.0. The van der Waals surface area contributed by atoms with Crippen molar-refractivity contribution < 1.29 is 27.9 Å². The average molecular weight is 384 g/mol. The molecule has 26 heavy (non-hydrogen) atoms. The Balaban J connectivity index is 2.63. The molecule has 0 aliphatic carbocycles. The summed E-state index contributed by atoms with van der Waals surface area (Å²) >= 11 is 0. The van der Waals surface area contributed by atoms with E-state index in [0.717, 1.165) is 0 Å². The third-order valence-electron chi connectivity index (χ3n) is 3.54. The van der Waals surface area contributed by atoms with Crippen molar-refractivity contribution in [3.63, 3.8) is 0 Å². The molecular weight excluding hydrogens is 360 g/mol. The third kappa shape index (κ3) is 6.93. The van der Waals surface area contributed by atoms with Gasteiger partial charge in [-0.15, -0.1) is 0 Å². The first kappa shape index (κ1) is 21.8. The molecule has 1 rings (SSSR count). The van der Waals surface area contributed by atoms with Crippen molar-refractivity contribution >= 4 is 27.7 Å². The van der Waals surface area contributed by atoms with Gasteiger partial charge in [-0.2, -0.15) is 0 Å². The van der Waals surface area contributed by atoms with Gasteiger partial charge in [-0.3, -0.25) is 9.59 Å². The van der Waals surface area contributed by atoms with Crippen LogP contribution in [0.25, 0.3) is 0 Å². The Bertz CT molecular complexity index is 773. The molecule has 1 atom stereocenters. The number of carboxylic acid groups (broad SMARTS) is 1. The maximum Gasteiger partial charge on any atom is 0.326 e. The molecule has 0 saturated heterocycles. The molecule has 1 amide bonds. The quantitative estimate of drug-likeness (QED) is 0.519. The highest BCUT2D eigenvalue weighted by molar-refractivity contribution is 7.89. The van der Waals surface area contributed by atoms with Crippen LogP contribution in [0.4, 0.5) is 0 Å². The summed E-state index contributed by atoms with van der Waals surface area (Å²) < 4.78 is 26.7. The van der Waals surface area contributed by atoms with Gasteiger partial charge in [0.15, 0.2) is 5.78 Å². The number of benzene rings is 1. The number of carbonyl (C=O) groups excluding carboxylic acids is 2. The Labute approximate surface area is 153 Å². The second-order valence-corrected chi connectivity index (χ2v) is 8.09. The van der Waals surface area contributed by atoms with Gasteiger partial charge in [-0.1, -0.05) is 26.0 Å². The molecule has 0 aromatic heterocycles. The van der Waals surface area contributed by atoms with Gasteiger partial charge in [-0.05, 0) is 31.4 Å². The molecule has 0 aliphatic heterocycles. The average Bonchev–Trinajstić information content (AvgIpc) is 2.53. The van der Waals surface area contributed by atoms with Crippen LogP contribution in [0.3, 0.4) is 0 Å². The van der Waals surface area contributed by atoms with E-state index < -0.39 is 27.9 Å². The van der Waals surface area contributed by atoms with Gasteiger partial charge in [0.1, 0.15) is 6.04 Å². The number of Topliss-reactive ketones (excluding diaryl/α,β-unsaturated/α-hetero) is 1. The van der Waals surface area contributed by atoms with E-state index in [1.807, 2.05) is 13.8 Å². The van der Waals surface area contributed by atoms with Gasteiger partial charge in [-0.25, -0.2) is 17.9 Å². The zero-order valence-electron chi connectivity index (χ0n) is 15.0. The van der Waals surface area contributed by atoms with E-state index in [4.69, 9.17) is 5.11 Å². The molecule has 0 bridgehead atoms. The second-order valence-electron chi connectivity index (χ2n) is 6.32. The summed E-state index contributed by atoms with van der Waals surface area (Å²) in [4.78, 5) is 34.2. The van der Waals surface area contributed by atoms with E-state index in [9.17, 15) is 22.8 Å². The molecule has 0 aliphatic rings. The standard InChI is InChI=1S/C17H24N2O6S/c1-11(2)9-15(17(22)23)19-16(21)7-8-18-26(24,25)14-6-4-5-13(10-14)12(3)20/h4-6,10-11,15,18H,7-9H2,1-3H3,(H,19,21)(H,22,23)/t15-/m1/s1. The maximum absolute atomic E-state index is 12.2. The first-order valence-electron chi connectivity index (χ1n) is 8.15. The van der Waals surface area contributed by atoms with Crippen molar-refractivity contribution in [2.45, 2.75) is 44.6 Å². The number of ketones is 1. The molecule has 8 nitrogen and oxygen atoms in total. The lowest BCUT2D eigenvalue weighted by molar-refractivity contribution is -0.142. The van der Waals surface area contributed by atoms with E-state index in [-0.39, 0.29) is 41.5 Å². The summed E-state index contributed by atoms with van der Waals surface area (Å²) in [5.41, 5.74) is 0.267. The van der Waals surface area contributed by atoms with Crippen LogP contribution in [0.15, 0.2) is 29.2 Å². The molecule has 0 radical (unpaired) electrons. The Kier molecular flexibility index (Phi) is 7.91. The highest BCUT2D eigenvalue weighted by Gasteiger charge is 2.21. The molecule has 0 unspecified atom stereocenters. The van der Waals surface area contributed by atoms with Gasteiger partial charge < -0.3 is 10.4 Å². The SMILES string of the molecule is CC(=O)c1cccc(S(=O)(=O)NCCC(=O)N[C@H](CC(C)C)C(=O)O)c1. The molecular formula is C17H24N2O6S. The van der Waals surface area contributed by atoms with Crippen LogP contribution in [0.2, 0.25) is 0 Å². The zero-order chi connectivity index (χ0) is 19.9. The van der Waals surface area contributed by atoms with Gasteiger partial charge in [0.05, 0.1) is 4.90 Å². The van der Waals surface area contributed by atoms with Crippen molar-refractivity contribution in [2.75, 3.05) is 6.54 Å². The molecule has 9 heteroatoms. The van der Waals surface area contributed by atoms with Gasteiger partial charge in [0.2, 0.25) is 15.9 Å². The number of aliphatic carboxylic acids is 1. The van der Waals surface area contributed by atoms with Crippen LogP contribution in [-0.4, -0.2) is 43.8 Å². The number of carboxylic acids is 1. The zero-order valence-corrected chi connectivity index (χ0v) is 15.8. The minimum absolute atomic E-state index is 0.0752. The summed E-state index contributed by atoms with van der Waals surface area (Å²) in [5, 5.41) is 11.5. The lowest BCUT2D eigenvalue weighted by atomic mass is 10.0. The van der Waals surface area contributed by atoms with Crippen LogP contribution < -0.4 is 10.0 Å². The third-order valence-corrected chi connectivity index (χ3v) is 4.99. The number of sulfonamides is 1. The smallest absolute Gasteiger partial charge is 0.326 e.